The number of carbonyl (C=O) groups excluding carboxylic acids is 3. The fourth-order valence-electron chi connectivity index (χ4n) is 3.30. The number of benzene rings is 2. The number of rotatable bonds is 9. The second kappa shape index (κ2) is 9.84. The van der Waals surface area contributed by atoms with Crippen LogP contribution in [0.3, 0.4) is 0 Å². The van der Waals surface area contributed by atoms with Crippen molar-refractivity contribution in [3.05, 3.63) is 54.1 Å². The van der Waals surface area contributed by atoms with Gasteiger partial charge in [-0.3, -0.25) is 9.59 Å². The lowest BCUT2D eigenvalue weighted by atomic mass is 9.93. The molecule has 1 N–H and O–H groups in total. The number of ether oxygens (including phenoxy) is 4. The van der Waals surface area contributed by atoms with Gasteiger partial charge in [0.1, 0.15) is 23.3 Å². The summed E-state index contributed by atoms with van der Waals surface area (Å²) >= 11 is 0. The van der Waals surface area contributed by atoms with Crippen LogP contribution in [0.2, 0.25) is 0 Å². The molecule has 0 saturated carbocycles. The summed E-state index contributed by atoms with van der Waals surface area (Å²) in [7, 11) is 4.27. The van der Waals surface area contributed by atoms with Gasteiger partial charge >= 0.3 is 5.97 Å². The number of methoxy groups -OCH3 is 3. The molecule has 2 aromatic carbocycles. The van der Waals surface area contributed by atoms with Gasteiger partial charge in [0.05, 0.1) is 27.9 Å². The van der Waals surface area contributed by atoms with E-state index in [2.05, 4.69) is 5.32 Å². The van der Waals surface area contributed by atoms with Crippen LogP contribution in [-0.4, -0.2) is 62.7 Å². The molecule has 2 atom stereocenters. The number of β-lactam (4-membered cyclic amide) rings is 1. The van der Waals surface area contributed by atoms with Crippen LogP contribution in [0, 0.1) is 0 Å². The zero-order valence-electron chi connectivity index (χ0n) is 17.5. The minimum atomic E-state index is -1.02. The van der Waals surface area contributed by atoms with Crippen molar-refractivity contribution in [1.29, 1.82) is 0 Å². The molecule has 1 aliphatic heterocycles. The summed E-state index contributed by atoms with van der Waals surface area (Å²) in [5.41, 5.74) is 0.683. The zero-order valence-corrected chi connectivity index (χ0v) is 17.5. The standard InChI is InChI=1S/C22H24N2O7/c1-28-16-10-9-14(17(11-16)29-2)12-24-20(22(27)30-3)19(21(24)26)23-18(25)13-31-15-7-5-4-6-8-15/h4-11,19-20H,12-13H2,1-3H3,(H,23,25)/t19-,20-/m1/s1. The van der Waals surface area contributed by atoms with Crippen molar-refractivity contribution in [1.82, 2.24) is 10.2 Å². The first-order chi connectivity index (χ1) is 15.0. The largest absolute Gasteiger partial charge is 0.497 e. The summed E-state index contributed by atoms with van der Waals surface area (Å²) in [6.07, 6.45) is 0. The van der Waals surface area contributed by atoms with Gasteiger partial charge in [0.15, 0.2) is 12.6 Å². The second-order valence-corrected chi connectivity index (χ2v) is 6.76. The average molecular weight is 428 g/mol. The number of hydrogen-bond acceptors (Lipinski definition) is 7. The molecule has 3 rings (SSSR count). The molecule has 0 spiro atoms. The quantitative estimate of drug-likeness (QED) is 0.472. The van der Waals surface area contributed by atoms with E-state index >= 15 is 0 Å². The Morgan fingerprint density at radius 3 is 2.39 bits per heavy atom. The maximum absolute atomic E-state index is 12.7. The van der Waals surface area contributed by atoms with Gasteiger partial charge in [-0.25, -0.2) is 4.79 Å². The Kier molecular flexibility index (Phi) is 6.96. The number of para-hydroxylation sites is 1. The highest BCUT2D eigenvalue weighted by atomic mass is 16.5. The molecule has 1 fully saturated rings. The molecule has 1 heterocycles. The first-order valence-electron chi connectivity index (χ1n) is 9.55. The Hall–Kier alpha value is -3.75. The molecular formula is C22H24N2O7. The van der Waals surface area contributed by atoms with Crippen LogP contribution in [0.15, 0.2) is 48.5 Å². The molecule has 2 amide bonds. The molecule has 0 aromatic heterocycles. The van der Waals surface area contributed by atoms with Crippen LogP contribution >= 0.6 is 0 Å². The summed E-state index contributed by atoms with van der Waals surface area (Å²) in [5.74, 6) is 0.0962. The topological polar surface area (TPSA) is 103 Å². The lowest BCUT2D eigenvalue weighted by Crippen LogP contribution is -2.73. The highest BCUT2D eigenvalue weighted by molar-refractivity contribution is 6.02. The highest BCUT2D eigenvalue weighted by Crippen LogP contribution is 2.30. The fourth-order valence-corrected chi connectivity index (χ4v) is 3.30. The molecule has 9 nitrogen and oxygen atoms in total. The van der Waals surface area contributed by atoms with E-state index in [1.165, 1.54) is 26.2 Å². The van der Waals surface area contributed by atoms with E-state index < -0.39 is 29.9 Å². The molecule has 1 aliphatic rings. The highest BCUT2D eigenvalue weighted by Gasteiger charge is 2.53. The predicted molar refractivity (Wildman–Crippen MR) is 110 cm³/mol. The number of hydrogen-bond donors (Lipinski definition) is 1. The van der Waals surface area contributed by atoms with Crippen LogP contribution < -0.4 is 19.5 Å². The van der Waals surface area contributed by atoms with E-state index in [0.29, 0.717) is 22.8 Å². The Balaban J connectivity index is 1.67. The predicted octanol–water partition coefficient (Wildman–Crippen LogP) is 1.15. The lowest BCUT2D eigenvalue weighted by Gasteiger charge is -2.45. The zero-order chi connectivity index (χ0) is 22.4. The van der Waals surface area contributed by atoms with Gasteiger partial charge in [0.25, 0.3) is 5.91 Å². The van der Waals surface area contributed by atoms with E-state index in [4.69, 9.17) is 18.9 Å². The molecule has 2 aromatic rings. The number of esters is 1. The molecule has 1 saturated heterocycles. The maximum atomic E-state index is 12.7. The van der Waals surface area contributed by atoms with E-state index in [0.717, 1.165) is 0 Å². The van der Waals surface area contributed by atoms with Crippen molar-refractivity contribution < 1.29 is 33.3 Å². The van der Waals surface area contributed by atoms with Gasteiger partial charge in [0.2, 0.25) is 5.91 Å². The molecule has 0 aliphatic carbocycles. The van der Waals surface area contributed by atoms with Gasteiger partial charge in [-0.1, -0.05) is 18.2 Å². The number of amides is 2. The fraction of sp³-hybridized carbons (Fsp3) is 0.318. The van der Waals surface area contributed by atoms with Gasteiger partial charge in [-0.05, 0) is 24.3 Å². The van der Waals surface area contributed by atoms with Crippen molar-refractivity contribution in [2.75, 3.05) is 27.9 Å². The second-order valence-electron chi connectivity index (χ2n) is 6.76. The van der Waals surface area contributed by atoms with Crippen LogP contribution in [0.25, 0.3) is 0 Å². The van der Waals surface area contributed by atoms with Crippen molar-refractivity contribution in [2.45, 2.75) is 18.6 Å². The van der Waals surface area contributed by atoms with E-state index in [1.807, 2.05) is 6.07 Å². The van der Waals surface area contributed by atoms with E-state index in [-0.39, 0.29) is 13.2 Å². The van der Waals surface area contributed by atoms with Gasteiger partial charge in [0, 0.05) is 11.6 Å². The Bertz CT molecular complexity index is 948. The van der Waals surface area contributed by atoms with Gasteiger partial charge < -0.3 is 29.2 Å². The minimum Gasteiger partial charge on any atom is -0.497 e. The normalized spacial score (nSPS) is 17.4. The van der Waals surface area contributed by atoms with Crippen LogP contribution in [0.1, 0.15) is 5.56 Å². The monoisotopic (exact) mass is 428 g/mol. The third kappa shape index (κ3) is 4.88. The van der Waals surface area contributed by atoms with Crippen LogP contribution in [0.4, 0.5) is 0 Å². The molecule has 9 heteroatoms. The first-order valence-corrected chi connectivity index (χ1v) is 9.55. The van der Waals surface area contributed by atoms with Crippen LogP contribution in [0.5, 0.6) is 17.2 Å². The summed E-state index contributed by atoms with van der Waals surface area (Å²) in [6, 6.07) is 12.0. The average Bonchev–Trinajstić information content (AvgIpc) is 2.81. The van der Waals surface area contributed by atoms with Gasteiger partial charge in [-0.2, -0.15) is 0 Å². The Morgan fingerprint density at radius 1 is 1.00 bits per heavy atom. The number of nitrogens with one attached hydrogen (secondary N) is 1. The third-order valence-corrected chi connectivity index (χ3v) is 4.91. The van der Waals surface area contributed by atoms with Crippen molar-refractivity contribution in [2.24, 2.45) is 0 Å². The summed E-state index contributed by atoms with van der Waals surface area (Å²) in [4.78, 5) is 38.6. The van der Waals surface area contributed by atoms with Crippen LogP contribution in [-0.2, 0) is 25.7 Å². The van der Waals surface area contributed by atoms with E-state index in [9.17, 15) is 14.4 Å². The Labute approximate surface area is 179 Å². The maximum Gasteiger partial charge on any atom is 0.331 e. The first kappa shape index (κ1) is 21.9. The summed E-state index contributed by atoms with van der Waals surface area (Å²) in [6.45, 7) is -0.174. The van der Waals surface area contributed by atoms with Crippen molar-refractivity contribution in [3.8, 4) is 17.2 Å². The summed E-state index contributed by atoms with van der Waals surface area (Å²) < 4.78 is 20.8. The molecule has 0 radical (unpaired) electrons. The SMILES string of the molecule is COC(=O)[C@H]1[C@@H](NC(=O)COc2ccccc2)C(=O)N1Cc1ccc(OC)cc1OC. The molecule has 31 heavy (non-hydrogen) atoms. The van der Waals surface area contributed by atoms with Gasteiger partial charge in [-0.15, -0.1) is 0 Å². The molecular weight excluding hydrogens is 404 g/mol. The molecule has 0 bridgehead atoms. The third-order valence-electron chi connectivity index (χ3n) is 4.91. The molecule has 164 valence electrons. The molecule has 0 unspecified atom stereocenters. The van der Waals surface area contributed by atoms with Crippen molar-refractivity contribution >= 4 is 17.8 Å². The smallest absolute Gasteiger partial charge is 0.331 e. The number of nitrogens with zero attached hydrogens (tertiary/aromatic N) is 1. The summed E-state index contributed by atoms with van der Waals surface area (Å²) in [5, 5.41) is 2.56. The number of likely N-dealkylation sites (tertiary alicyclic amines) is 1. The van der Waals surface area contributed by atoms with Crippen molar-refractivity contribution in [3.63, 3.8) is 0 Å². The minimum absolute atomic E-state index is 0.110. The number of carbonyl (C=O) groups is 3. The lowest BCUT2D eigenvalue weighted by molar-refractivity contribution is -0.170. The Morgan fingerprint density at radius 2 is 1.74 bits per heavy atom. The van der Waals surface area contributed by atoms with E-state index in [1.54, 1.807) is 42.5 Å².